The molecule has 8 heteroatoms. The van der Waals surface area contributed by atoms with Crippen molar-refractivity contribution in [2.45, 2.75) is 52.0 Å². The van der Waals surface area contributed by atoms with Gasteiger partial charge < -0.3 is 9.26 Å². The molecule has 4 nitrogen and oxygen atoms in total. The highest BCUT2D eigenvalue weighted by Crippen LogP contribution is 2.72. The first kappa shape index (κ1) is 20.2. The predicted octanol–water partition coefficient (Wildman–Crippen LogP) is 5.21. The molecule has 0 N–H and O–H groups in total. The van der Waals surface area contributed by atoms with Gasteiger partial charge >= 0.3 is 0 Å². The molecule has 1 rings (SSSR count). The summed E-state index contributed by atoms with van der Waals surface area (Å²) in [5, 5.41) is 0.510. The Balaban J connectivity index is 2.78. The Bertz CT molecular complexity index is 517. The van der Waals surface area contributed by atoms with Gasteiger partial charge in [-0.2, -0.15) is 4.98 Å². The fourth-order valence-corrected chi connectivity index (χ4v) is 11.5. The van der Waals surface area contributed by atoms with Crippen LogP contribution in [0.2, 0.25) is 0 Å². The summed E-state index contributed by atoms with van der Waals surface area (Å²) in [6, 6.07) is 1.89. The van der Waals surface area contributed by atoms with Crippen molar-refractivity contribution in [1.29, 1.82) is 0 Å². The maximum atomic E-state index is 5.91. The van der Waals surface area contributed by atoms with Gasteiger partial charge in [0, 0.05) is 17.1 Å². The highest BCUT2D eigenvalue weighted by Gasteiger charge is 2.22. The van der Waals surface area contributed by atoms with Gasteiger partial charge in [0.15, 0.2) is 4.67 Å². The highest BCUT2D eigenvalue weighted by molar-refractivity contribution is 8.99. The number of hydrogen-bond acceptors (Lipinski definition) is 7. The molecule has 0 aliphatic heterocycles. The second kappa shape index (κ2) is 10.1. The second-order valence-corrected chi connectivity index (χ2v) is 15.5. The molecule has 0 bridgehead atoms. The summed E-state index contributed by atoms with van der Waals surface area (Å²) in [5.41, 5.74) is 0.944. The minimum atomic E-state index is -1.94. The normalized spacial score (nSPS) is 15.3. The Kier molecular flexibility index (Phi) is 9.32. The first-order chi connectivity index (χ1) is 10.4. The SMILES string of the molecule is CCOc1cc(CSP(=S)(OCC)SC(C)CC)nc(C)n1. The predicted molar refractivity (Wildman–Crippen MR) is 102 cm³/mol. The number of hydrogen-bond donors (Lipinski definition) is 0. The number of nitrogens with zero attached hydrogens (tertiary/aromatic N) is 2. The van der Waals surface area contributed by atoms with Gasteiger partial charge in [-0.3, -0.25) is 0 Å². The minimum Gasteiger partial charge on any atom is -0.478 e. The maximum absolute atomic E-state index is 5.91. The van der Waals surface area contributed by atoms with Gasteiger partial charge in [-0.05, 0) is 39.0 Å². The zero-order valence-corrected chi connectivity index (χ0v) is 17.2. The van der Waals surface area contributed by atoms with Crippen LogP contribution in [-0.2, 0) is 22.1 Å². The van der Waals surface area contributed by atoms with Gasteiger partial charge in [0.2, 0.25) is 5.88 Å². The zero-order valence-electron chi connectivity index (χ0n) is 13.9. The van der Waals surface area contributed by atoms with Crippen LogP contribution in [0.15, 0.2) is 6.07 Å². The van der Waals surface area contributed by atoms with E-state index in [2.05, 4.69) is 23.8 Å². The van der Waals surface area contributed by atoms with Crippen LogP contribution in [0.25, 0.3) is 0 Å². The van der Waals surface area contributed by atoms with Gasteiger partial charge in [-0.25, -0.2) is 4.98 Å². The van der Waals surface area contributed by atoms with Gasteiger partial charge in [-0.15, -0.1) is 0 Å². The maximum Gasteiger partial charge on any atom is 0.216 e. The molecule has 0 aromatic carbocycles. The molecule has 0 fully saturated rings. The molecule has 1 aromatic rings. The van der Waals surface area contributed by atoms with E-state index in [-0.39, 0.29) is 0 Å². The Hall–Kier alpha value is 0.190. The quantitative estimate of drug-likeness (QED) is 0.516. The number of rotatable bonds is 10. The number of aromatic nitrogens is 2. The van der Waals surface area contributed by atoms with E-state index >= 15 is 0 Å². The molecule has 0 aliphatic rings. The smallest absolute Gasteiger partial charge is 0.216 e. The monoisotopic (exact) mass is 380 g/mol. The highest BCUT2D eigenvalue weighted by atomic mass is 33.2. The van der Waals surface area contributed by atoms with Crippen LogP contribution in [0.4, 0.5) is 0 Å². The van der Waals surface area contributed by atoms with Gasteiger partial charge in [0.05, 0.1) is 18.9 Å². The third-order valence-electron chi connectivity index (χ3n) is 2.70. The van der Waals surface area contributed by atoms with Crippen molar-refractivity contribution in [2.24, 2.45) is 0 Å². The summed E-state index contributed by atoms with van der Waals surface area (Å²) in [5.74, 6) is 2.08. The largest absolute Gasteiger partial charge is 0.478 e. The van der Waals surface area contributed by atoms with Crippen molar-refractivity contribution in [2.75, 3.05) is 13.2 Å². The third-order valence-corrected chi connectivity index (χ3v) is 12.6. The number of ether oxygens (including phenoxy) is 1. The lowest BCUT2D eigenvalue weighted by Crippen LogP contribution is -2.00. The lowest BCUT2D eigenvalue weighted by Gasteiger charge is -2.23. The average Bonchev–Trinajstić information content (AvgIpc) is 2.45. The van der Waals surface area contributed by atoms with Crippen molar-refractivity contribution in [3.05, 3.63) is 17.6 Å². The summed E-state index contributed by atoms with van der Waals surface area (Å²) < 4.78 is 9.45. The van der Waals surface area contributed by atoms with Crippen LogP contribution in [-0.4, -0.2) is 28.4 Å². The first-order valence-corrected chi connectivity index (χ1v) is 13.3. The Labute approximate surface area is 147 Å². The molecule has 126 valence electrons. The van der Waals surface area contributed by atoms with Crippen molar-refractivity contribution in [1.82, 2.24) is 9.97 Å². The van der Waals surface area contributed by atoms with Crippen LogP contribution in [0.5, 0.6) is 5.88 Å². The topological polar surface area (TPSA) is 44.2 Å². The standard InChI is InChI=1S/C14H25N2O2PS3/c1-6-11(4)22-19(20,18-8-3)21-10-13-9-14(17-7-2)16-12(5)15-13/h9,11H,6-8,10H2,1-5H3. The fraction of sp³-hybridized carbons (Fsp3) is 0.714. The van der Waals surface area contributed by atoms with Gasteiger partial charge in [0.25, 0.3) is 0 Å². The van der Waals surface area contributed by atoms with E-state index in [9.17, 15) is 0 Å². The van der Waals surface area contributed by atoms with Crippen LogP contribution in [0.3, 0.4) is 0 Å². The van der Waals surface area contributed by atoms with E-state index in [0.717, 1.165) is 23.7 Å². The van der Waals surface area contributed by atoms with Crippen molar-refractivity contribution in [3.8, 4) is 5.88 Å². The Morgan fingerprint density at radius 1 is 1.27 bits per heavy atom. The van der Waals surface area contributed by atoms with Crippen LogP contribution in [0, 0.1) is 6.92 Å². The summed E-state index contributed by atoms with van der Waals surface area (Å²) in [4.78, 5) is 8.74. The molecule has 0 amide bonds. The van der Waals surface area contributed by atoms with E-state index in [4.69, 9.17) is 21.1 Å². The molecule has 2 unspecified atom stereocenters. The molecular weight excluding hydrogens is 355 g/mol. The lowest BCUT2D eigenvalue weighted by atomic mass is 10.4. The van der Waals surface area contributed by atoms with Crippen LogP contribution >= 0.6 is 27.4 Å². The molecule has 0 saturated carbocycles. The number of aryl methyl sites for hydroxylation is 1. The van der Waals surface area contributed by atoms with E-state index < -0.39 is 4.67 Å². The van der Waals surface area contributed by atoms with Gasteiger partial charge in [0.1, 0.15) is 5.82 Å². The van der Waals surface area contributed by atoms with Crippen LogP contribution in [0.1, 0.15) is 45.6 Å². The summed E-state index contributed by atoms with van der Waals surface area (Å²) in [7, 11) is 0. The molecule has 2 atom stereocenters. The van der Waals surface area contributed by atoms with E-state index in [0.29, 0.717) is 24.3 Å². The van der Waals surface area contributed by atoms with Gasteiger partial charge in [-0.1, -0.05) is 36.6 Å². The molecule has 0 spiro atoms. The lowest BCUT2D eigenvalue weighted by molar-refractivity contribution is 0.325. The molecule has 22 heavy (non-hydrogen) atoms. The molecular formula is C14H25N2O2PS3. The molecule has 0 radical (unpaired) electrons. The summed E-state index contributed by atoms with van der Waals surface area (Å²) >= 11 is 9.30. The fourth-order valence-electron chi connectivity index (χ4n) is 1.59. The molecule has 1 heterocycles. The Morgan fingerprint density at radius 2 is 2.00 bits per heavy atom. The van der Waals surface area contributed by atoms with E-state index in [1.807, 2.05) is 26.8 Å². The van der Waals surface area contributed by atoms with E-state index in [1.54, 1.807) is 22.8 Å². The molecule has 0 saturated heterocycles. The first-order valence-electron chi connectivity index (χ1n) is 7.47. The zero-order chi connectivity index (χ0) is 16.6. The van der Waals surface area contributed by atoms with Crippen molar-refractivity contribution < 1.29 is 9.26 Å². The minimum absolute atomic E-state index is 0.510. The third kappa shape index (κ3) is 7.18. The molecule has 1 aromatic heterocycles. The Morgan fingerprint density at radius 3 is 2.59 bits per heavy atom. The molecule has 0 aliphatic carbocycles. The van der Waals surface area contributed by atoms with Crippen molar-refractivity contribution >= 4 is 39.2 Å². The summed E-state index contributed by atoms with van der Waals surface area (Å²) in [6.07, 6.45) is 1.10. The second-order valence-electron chi connectivity index (χ2n) is 4.64. The average molecular weight is 381 g/mol. The van der Waals surface area contributed by atoms with Crippen LogP contribution < -0.4 is 4.74 Å². The van der Waals surface area contributed by atoms with E-state index in [1.165, 1.54) is 0 Å². The summed E-state index contributed by atoms with van der Waals surface area (Å²) in [6.45, 7) is 11.5. The van der Waals surface area contributed by atoms with Crippen molar-refractivity contribution in [3.63, 3.8) is 0 Å².